The van der Waals surface area contributed by atoms with Crippen molar-refractivity contribution in [2.75, 3.05) is 19.6 Å². The first kappa shape index (κ1) is 26.6. The molecule has 3 saturated heterocycles. The predicted molar refractivity (Wildman–Crippen MR) is 141 cm³/mol. The summed E-state index contributed by atoms with van der Waals surface area (Å²) in [7, 11) is 0. The van der Waals surface area contributed by atoms with Gasteiger partial charge in [0.05, 0.1) is 11.6 Å². The Kier molecular flexibility index (Phi) is 7.95. The van der Waals surface area contributed by atoms with Crippen LogP contribution in [0.1, 0.15) is 41.1 Å². The van der Waals surface area contributed by atoms with Gasteiger partial charge in [-0.2, -0.15) is 13.2 Å². The highest BCUT2D eigenvalue weighted by molar-refractivity contribution is 9.10. The second-order valence-electron chi connectivity index (χ2n) is 9.74. The Balaban J connectivity index is 1.31. The van der Waals surface area contributed by atoms with Gasteiger partial charge in [-0.05, 0) is 72.8 Å². The normalized spacial score (nSPS) is 21.5. The quantitative estimate of drug-likeness (QED) is 0.324. The molecule has 38 heavy (non-hydrogen) atoms. The van der Waals surface area contributed by atoms with E-state index >= 15 is 0 Å². The highest BCUT2D eigenvalue weighted by atomic mass is 79.9. The van der Waals surface area contributed by atoms with Crippen LogP contribution in [-0.2, 0) is 17.5 Å². The zero-order chi connectivity index (χ0) is 26.7. The molecule has 3 aliphatic heterocycles. The molecule has 200 valence electrons. The topological polar surface area (TPSA) is 50.8 Å². The fraction of sp³-hybridized carbons (Fsp3) is 0.345. The summed E-state index contributed by atoms with van der Waals surface area (Å²) in [5.41, 5.74) is 1.29. The van der Waals surface area contributed by atoms with Crippen LogP contribution in [0.5, 0.6) is 5.75 Å². The number of benzene rings is 3. The number of carbonyl (C=O) groups excluding carboxylic acids is 1. The van der Waals surface area contributed by atoms with E-state index in [-0.39, 0.29) is 17.2 Å². The summed E-state index contributed by atoms with van der Waals surface area (Å²) in [4.78, 5) is 15.3. The molecule has 3 heterocycles. The zero-order valence-corrected chi connectivity index (χ0v) is 22.2. The third-order valence-electron chi connectivity index (χ3n) is 7.18. The monoisotopic (exact) mass is 588 g/mol. The molecule has 2 bridgehead atoms. The number of piperidine rings is 3. The molecule has 0 spiro atoms. The van der Waals surface area contributed by atoms with Gasteiger partial charge in [-0.25, -0.2) is 4.79 Å². The summed E-state index contributed by atoms with van der Waals surface area (Å²) >= 11 is 2.96. The van der Waals surface area contributed by atoms with E-state index in [1.165, 1.54) is 6.07 Å². The van der Waals surface area contributed by atoms with Crippen LogP contribution in [0.3, 0.4) is 0 Å². The summed E-state index contributed by atoms with van der Waals surface area (Å²) in [5.74, 6) is 0.876. The Morgan fingerprint density at radius 3 is 2.42 bits per heavy atom. The molecule has 3 fully saturated rings. The van der Waals surface area contributed by atoms with Crippen molar-refractivity contribution >= 4 is 22.0 Å². The molecule has 0 radical (unpaired) electrons. The first-order chi connectivity index (χ1) is 18.3. The van der Waals surface area contributed by atoms with Gasteiger partial charge in [-0.15, -0.1) is 0 Å². The number of carbonyl (C=O) groups is 1. The second kappa shape index (κ2) is 11.4. The van der Waals surface area contributed by atoms with Crippen molar-refractivity contribution < 1.29 is 27.4 Å². The number of nitrogens with one attached hydrogen (secondary N) is 1. The molecule has 6 rings (SSSR count). The molecule has 3 aliphatic rings. The molecule has 3 aromatic rings. The van der Waals surface area contributed by atoms with Crippen LogP contribution in [-0.4, -0.2) is 36.7 Å². The van der Waals surface area contributed by atoms with E-state index in [4.69, 9.17) is 9.47 Å². The van der Waals surface area contributed by atoms with E-state index < -0.39 is 23.9 Å². The number of fused-ring (bicyclic) bond motifs is 3. The molecular formula is C29H28BrF3N2O3. The minimum absolute atomic E-state index is 0.0161. The van der Waals surface area contributed by atoms with E-state index in [0.29, 0.717) is 17.2 Å². The molecular weight excluding hydrogens is 561 g/mol. The number of amides is 1. The number of alkyl carbamates (subject to hydrolysis) is 1. The van der Waals surface area contributed by atoms with E-state index in [2.05, 4.69) is 26.1 Å². The number of hydrogen-bond acceptors (Lipinski definition) is 4. The summed E-state index contributed by atoms with van der Waals surface area (Å²) in [6.45, 7) is 2.85. The van der Waals surface area contributed by atoms with Crippen LogP contribution < -0.4 is 10.1 Å². The standard InChI is InChI=1S/C29H28BrF3N2O3/c30-25-10-9-19(15-24(25)29(31,32)33)18-37-23-8-4-7-22(16-23)27(21-5-2-1-3-6-21)34-28(36)38-26-17-35-13-11-20(26)12-14-35/h1-10,15-16,20,26-27H,11-14,17-18H2,(H,34,36)/t26-,27-/m0/s1. The molecule has 0 aliphatic carbocycles. The van der Waals surface area contributed by atoms with Crippen molar-refractivity contribution in [3.8, 4) is 5.75 Å². The average molecular weight is 589 g/mol. The Labute approximate surface area is 228 Å². The summed E-state index contributed by atoms with van der Waals surface area (Å²) in [5, 5.41) is 3.02. The molecule has 1 N–H and O–H groups in total. The van der Waals surface area contributed by atoms with Crippen molar-refractivity contribution in [3.63, 3.8) is 0 Å². The number of ether oxygens (including phenoxy) is 2. The van der Waals surface area contributed by atoms with Crippen LogP contribution >= 0.6 is 15.9 Å². The van der Waals surface area contributed by atoms with Crippen molar-refractivity contribution in [3.05, 3.63) is 99.5 Å². The minimum Gasteiger partial charge on any atom is -0.489 e. The van der Waals surface area contributed by atoms with Gasteiger partial charge in [0.15, 0.2) is 0 Å². The van der Waals surface area contributed by atoms with Gasteiger partial charge in [0.1, 0.15) is 18.5 Å². The molecule has 1 amide bonds. The van der Waals surface area contributed by atoms with Crippen LogP contribution in [0.2, 0.25) is 0 Å². The van der Waals surface area contributed by atoms with Crippen LogP contribution in [0, 0.1) is 5.92 Å². The fourth-order valence-electron chi connectivity index (χ4n) is 5.17. The van der Waals surface area contributed by atoms with Crippen molar-refractivity contribution in [2.24, 2.45) is 5.92 Å². The van der Waals surface area contributed by atoms with Gasteiger partial charge in [-0.1, -0.05) is 64.5 Å². The number of nitrogens with zero attached hydrogens (tertiary/aromatic N) is 1. The van der Waals surface area contributed by atoms with E-state index in [9.17, 15) is 18.0 Å². The van der Waals surface area contributed by atoms with Gasteiger partial charge in [0.25, 0.3) is 0 Å². The van der Waals surface area contributed by atoms with Crippen LogP contribution in [0.15, 0.2) is 77.3 Å². The van der Waals surface area contributed by atoms with Gasteiger partial charge in [0, 0.05) is 11.0 Å². The third-order valence-corrected chi connectivity index (χ3v) is 7.87. The zero-order valence-electron chi connectivity index (χ0n) is 20.6. The highest BCUT2D eigenvalue weighted by Crippen LogP contribution is 2.36. The first-order valence-electron chi connectivity index (χ1n) is 12.6. The Morgan fingerprint density at radius 1 is 1.00 bits per heavy atom. The molecule has 0 aromatic heterocycles. The van der Waals surface area contributed by atoms with Crippen LogP contribution in [0.25, 0.3) is 0 Å². The Bertz CT molecular complexity index is 1260. The lowest BCUT2D eigenvalue weighted by Crippen LogP contribution is -2.52. The molecule has 3 aromatic carbocycles. The molecule has 5 nitrogen and oxygen atoms in total. The smallest absolute Gasteiger partial charge is 0.417 e. The average Bonchev–Trinajstić information content (AvgIpc) is 2.92. The lowest BCUT2D eigenvalue weighted by molar-refractivity contribution is -0.138. The Morgan fingerprint density at radius 2 is 1.74 bits per heavy atom. The van der Waals surface area contributed by atoms with Gasteiger partial charge < -0.3 is 14.8 Å². The van der Waals surface area contributed by atoms with Crippen molar-refractivity contribution in [1.29, 1.82) is 0 Å². The molecule has 0 saturated carbocycles. The van der Waals surface area contributed by atoms with Crippen molar-refractivity contribution in [1.82, 2.24) is 10.2 Å². The maximum atomic E-state index is 13.3. The summed E-state index contributed by atoms with van der Waals surface area (Å²) in [6, 6.07) is 20.3. The van der Waals surface area contributed by atoms with Gasteiger partial charge in [-0.3, -0.25) is 4.90 Å². The first-order valence-corrected chi connectivity index (χ1v) is 13.4. The molecule has 9 heteroatoms. The largest absolute Gasteiger partial charge is 0.489 e. The maximum Gasteiger partial charge on any atom is 0.417 e. The molecule has 0 unspecified atom stereocenters. The number of rotatable bonds is 7. The summed E-state index contributed by atoms with van der Waals surface area (Å²) in [6.07, 6.45) is -2.97. The number of alkyl halides is 3. The lowest BCUT2D eigenvalue weighted by atomic mass is 9.86. The maximum absolute atomic E-state index is 13.3. The molecule has 2 atom stereocenters. The fourth-order valence-corrected chi connectivity index (χ4v) is 5.64. The van der Waals surface area contributed by atoms with Crippen LogP contribution in [0.4, 0.5) is 18.0 Å². The lowest BCUT2D eigenvalue weighted by Gasteiger charge is -2.43. The number of hydrogen-bond donors (Lipinski definition) is 1. The number of halogens is 4. The Hall–Kier alpha value is -3.04. The predicted octanol–water partition coefficient (Wildman–Crippen LogP) is 6.96. The summed E-state index contributed by atoms with van der Waals surface area (Å²) < 4.78 is 51.5. The van der Waals surface area contributed by atoms with Gasteiger partial charge >= 0.3 is 12.3 Å². The SMILES string of the molecule is O=C(N[C@@H](c1ccccc1)c1cccc(OCc2ccc(Br)c(C(F)(F)F)c2)c1)O[C@H]1CN2CCC1CC2. The van der Waals surface area contributed by atoms with E-state index in [1.54, 1.807) is 24.3 Å². The van der Waals surface area contributed by atoms with E-state index in [1.807, 2.05) is 36.4 Å². The highest BCUT2D eigenvalue weighted by Gasteiger charge is 2.37. The third kappa shape index (κ3) is 6.32. The minimum atomic E-state index is -4.47. The van der Waals surface area contributed by atoms with E-state index in [0.717, 1.165) is 49.7 Å². The second-order valence-corrected chi connectivity index (χ2v) is 10.6. The van der Waals surface area contributed by atoms with Crippen molar-refractivity contribution in [2.45, 2.75) is 37.8 Å². The van der Waals surface area contributed by atoms with Gasteiger partial charge in [0.2, 0.25) is 0 Å².